The van der Waals surface area contributed by atoms with Crippen molar-refractivity contribution in [2.24, 2.45) is 0 Å². The number of carbonyl (C=O) groups excluding carboxylic acids is 1. The van der Waals surface area contributed by atoms with E-state index in [1.165, 1.54) is 35.6 Å². The number of carbonyl (C=O) groups is 1. The number of thiazole rings is 1. The molecule has 4 aromatic rings. The minimum absolute atomic E-state index is 0.117. The Labute approximate surface area is 191 Å². The third-order valence-corrected chi connectivity index (χ3v) is 6.63. The van der Waals surface area contributed by atoms with E-state index < -0.39 is 11.7 Å². The van der Waals surface area contributed by atoms with Crippen LogP contribution in [-0.2, 0) is 12.6 Å². The van der Waals surface area contributed by atoms with Gasteiger partial charge in [-0.3, -0.25) is 9.20 Å². The van der Waals surface area contributed by atoms with Gasteiger partial charge >= 0.3 is 6.18 Å². The second kappa shape index (κ2) is 8.30. The molecule has 2 heterocycles. The van der Waals surface area contributed by atoms with Crippen LogP contribution in [0.4, 0.5) is 17.6 Å². The van der Waals surface area contributed by atoms with Gasteiger partial charge in [-0.2, -0.15) is 13.2 Å². The minimum atomic E-state index is -4.43. The van der Waals surface area contributed by atoms with Crippen molar-refractivity contribution >= 4 is 22.2 Å². The number of fused-ring (bicyclic) bond motifs is 1. The van der Waals surface area contributed by atoms with Crippen molar-refractivity contribution in [2.45, 2.75) is 31.5 Å². The summed E-state index contributed by atoms with van der Waals surface area (Å²) < 4.78 is 53.7. The van der Waals surface area contributed by atoms with Gasteiger partial charge in [0.15, 0.2) is 4.96 Å². The van der Waals surface area contributed by atoms with Gasteiger partial charge in [0.05, 0.1) is 11.3 Å². The van der Waals surface area contributed by atoms with E-state index in [9.17, 15) is 22.4 Å². The molecular weight excluding hydrogens is 454 g/mol. The smallest absolute Gasteiger partial charge is 0.335 e. The lowest BCUT2D eigenvalue weighted by molar-refractivity contribution is -0.137. The van der Waals surface area contributed by atoms with Crippen LogP contribution in [-0.4, -0.2) is 32.8 Å². The normalized spacial score (nSPS) is 14.1. The summed E-state index contributed by atoms with van der Waals surface area (Å²) in [4.78, 5) is 20.2. The fourth-order valence-electron chi connectivity index (χ4n) is 3.81. The first-order valence-corrected chi connectivity index (χ1v) is 11.4. The minimum Gasteiger partial charge on any atom is -0.335 e. The van der Waals surface area contributed by atoms with Gasteiger partial charge in [-0.1, -0.05) is 0 Å². The largest absolute Gasteiger partial charge is 0.416 e. The summed E-state index contributed by atoms with van der Waals surface area (Å²) in [5.41, 5.74) is 2.03. The molecule has 5 rings (SSSR count). The second-order valence-electron chi connectivity index (χ2n) is 8.07. The van der Waals surface area contributed by atoms with Gasteiger partial charge in [-0.15, -0.1) is 11.3 Å². The monoisotopic (exact) mass is 473 g/mol. The molecule has 0 bridgehead atoms. The summed E-state index contributed by atoms with van der Waals surface area (Å²) >= 11 is 1.48. The molecule has 0 spiro atoms. The van der Waals surface area contributed by atoms with Gasteiger partial charge in [0.1, 0.15) is 5.82 Å². The van der Waals surface area contributed by atoms with Crippen LogP contribution < -0.4 is 0 Å². The SMILES string of the molecule is O=C(c1ccc(C(F)(F)F)cc1)N(CCc1csc2nc(-c3ccc(F)cc3)cn12)C1CC1. The number of hydrogen-bond acceptors (Lipinski definition) is 3. The first kappa shape index (κ1) is 21.6. The summed E-state index contributed by atoms with van der Waals surface area (Å²) in [6.45, 7) is 0.459. The average molecular weight is 473 g/mol. The molecule has 0 saturated heterocycles. The molecule has 0 radical (unpaired) electrons. The third-order valence-electron chi connectivity index (χ3n) is 5.74. The van der Waals surface area contributed by atoms with E-state index in [-0.39, 0.29) is 23.3 Å². The number of hydrogen-bond donors (Lipinski definition) is 0. The van der Waals surface area contributed by atoms with E-state index >= 15 is 0 Å². The summed E-state index contributed by atoms with van der Waals surface area (Å²) in [5.74, 6) is -0.561. The zero-order valence-electron chi connectivity index (χ0n) is 17.3. The van der Waals surface area contributed by atoms with Gasteiger partial charge in [0.25, 0.3) is 5.91 Å². The lowest BCUT2D eigenvalue weighted by Crippen LogP contribution is -2.35. The molecule has 0 unspecified atom stereocenters. The highest BCUT2D eigenvalue weighted by molar-refractivity contribution is 7.15. The van der Waals surface area contributed by atoms with E-state index in [1.54, 1.807) is 17.0 Å². The van der Waals surface area contributed by atoms with Gasteiger partial charge in [0, 0.05) is 47.4 Å². The third kappa shape index (κ3) is 4.50. The summed E-state index contributed by atoms with van der Waals surface area (Å²) in [6, 6.07) is 10.6. The van der Waals surface area contributed by atoms with Crippen molar-refractivity contribution in [2.75, 3.05) is 6.54 Å². The Bertz CT molecular complexity index is 1290. The number of rotatable bonds is 6. The topological polar surface area (TPSA) is 37.6 Å². The fourth-order valence-corrected chi connectivity index (χ4v) is 4.71. The maximum Gasteiger partial charge on any atom is 0.416 e. The highest BCUT2D eigenvalue weighted by atomic mass is 32.1. The summed E-state index contributed by atoms with van der Waals surface area (Å²) in [5, 5.41) is 1.99. The van der Waals surface area contributed by atoms with Crippen LogP contribution in [0, 0.1) is 5.82 Å². The maximum atomic E-state index is 13.2. The first-order chi connectivity index (χ1) is 15.8. The molecule has 2 aromatic carbocycles. The Kier molecular flexibility index (Phi) is 5.44. The predicted molar refractivity (Wildman–Crippen MR) is 118 cm³/mol. The number of imidazole rings is 1. The van der Waals surface area contributed by atoms with Crippen LogP contribution in [0.3, 0.4) is 0 Å². The zero-order chi connectivity index (χ0) is 23.2. The molecule has 0 atom stereocenters. The molecule has 170 valence electrons. The van der Waals surface area contributed by atoms with Gasteiger partial charge in [0.2, 0.25) is 0 Å². The maximum absolute atomic E-state index is 13.2. The molecular formula is C24H19F4N3OS. The number of nitrogens with zero attached hydrogens (tertiary/aromatic N) is 3. The lowest BCUT2D eigenvalue weighted by Gasteiger charge is -2.22. The summed E-state index contributed by atoms with van der Waals surface area (Å²) in [6.07, 6.45) is -0.161. The molecule has 0 N–H and O–H groups in total. The molecule has 1 aliphatic carbocycles. The predicted octanol–water partition coefficient (Wildman–Crippen LogP) is 6.07. The van der Waals surface area contributed by atoms with E-state index in [0.717, 1.165) is 46.9 Å². The Hall–Kier alpha value is -3.20. The van der Waals surface area contributed by atoms with Crippen molar-refractivity contribution < 1.29 is 22.4 Å². The van der Waals surface area contributed by atoms with E-state index in [1.807, 2.05) is 16.0 Å². The molecule has 1 saturated carbocycles. The Morgan fingerprint density at radius 2 is 1.79 bits per heavy atom. The van der Waals surface area contributed by atoms with Gasteiger partial charge in [-0.25, -0.2) is 9.37 Å². The number of halogens is 4. The molecule has 4 nitrogen and oxygen atoms in total. The molecule has 9 heteroatoms. The number of alkyl halides is 3. The highest BCUT2D eigenvalue weighted by Crippen LogP contribution is 2.32. The number of benzene rings is 2. The molecule has 1 amide bonds. The van der Waals surface area contributed by atoms with Crippen molar-refractivity contribution in [3.05, 3.63) is 82.7 Å². The lowest BCUT2D eigenvalue weighted by atomic mass is 10.1. The van der Waals surface area contributed by atoms with E-state index in [2.05, 4.69) is 4.98 Å². The highest BCUT2D eigenvalue weighted by Gasteiger charge is 2.34. The Balaban J connectivity index is 1.32. The molecule has 33 heavy (non-hydrogen) atoms. The molecule has 0 aliphatic heterocycles. The standard InChI is InChI=1S/C24H19F4N3OS/c25-18-7-3-15(4-8-18)21-13-31-20(14-33-23(31)29-21)11-12-30(19-9-10-19)22(32)16-1-5-17(6-2-16)24(26,27)28/h1-8,13-14,19H,9-12H2. The van der Waals surface area contributed by atoms with E-state index in [4.69, 9.17) is 0 Å². The van der Waals surface area contributed by atoms with Crippen LogP contribution in [0.2, 0.25) is 0 Å². The van der Waals surface area contributed by atoms with Crippen LogP contribution >= 0.6 is 11.3 Å². The van der Waals surface area contributed by atoms with Crippen molar-refractivity contribution in [3.8, 4) is 11.3 Å². The first-order valence-electron chi connectivity index (χ1n) is 10.5. The van der Waals surface area contributed by atoms with Gasteiger partial charge < -0.3 is 4.90 Å². The molecule has 1 aliphatic rings. The number of amides is 1. The van der Waals surface area contributed by atoms with Crippen molar-refractivity contribution in [3.63, 3.8) is 0 Å². The molecule has 1 fully saturated rings. The van der Waals surface area contributed by atoms with E-state index in [0.29, 0.717) is 13.0 Å². The average Bonchev–Trinajstić information content (AvgIpc) is 3.43. The van der Waals surface area contributed by atoms with Crippen LogP contribution in [0.25, 0.3) is 16.2 Å². The fraction of sp³-hybridized carbons (Fsp3) is 0.250. The Morgan fingerprint density at radius 1 is 1.09 bits per heavy atom. The summed E-state index contributed by atoms with van der Waals surface area (Å²) in [7, 11) is 0. The van der Waals surface area contributed by atoms with Crippen molar-refractivity contribution in [1.29, 1.82) is 0 Å². The van der Waals surface area contributed by atoms with Crippen LogP contribution in [0.1, 0.15) is 34.5 Å². The van der Waals surface area contributed by atoms with Crippen LogP contribution in [0.5, 0.6) is 0 Å². The zero-order valence-corrected chi connectivity index (χ0v) is 18.2. The van der Waals surface area contributed by atoms with Crippen LogP contribution in [0.15, 0.2) is 60.1 Å². The quantitative estimate of drug-likeness (QED) is 0.319. The van der Waals surface area contributed by atoms with Crippen molar-refractivity contribution in [1.82, 2.24) is 14.3 Å². The molecule has 2 aromatic heterocycles. The second-order valence-corrected chi connectivity index (χ2v) is 8.90. The number of aromatic nitrogens is 2. The Morgan fingerprint density at radius 3 is 2.42 bits per heavy atom. The van der Waals surface area contributed by atoms with Gasteiger partial charge in [-0.05, 0) is 61.4 Å².